The number of hydrogen-bond donors (Lipinski definition) is 0. The van der Waals surface area contributed by atoms with Gasteiger partial charge in [-0.05, 0) is 23.1 Å². The van der Waals surface area contributed by atoms with Gasteiger partial charge < -0.3 is 9.84 Å². The minimum Gasteiger partial charge on any atom is -0.864 e. The summed E-state index contributed by atoms with van der Waals surface area (Å²) in [6.45, 7) is 2.07. The number of esters is 1. The topological polar surface area (TPSA) is 49.4 Å². The van der Waals surface area contributed by atoms with Crippen molar-refractivity contribution in [2.75, 3.05) is 6.61 Å². The fourth-order valence-corrected chi connectivity index (χ4v) is 1.44. The average Bonchev–Trinajstić information content (AvgIpc) is 2.18. The molecule has 1 rings (SSSR count). The van der Waals surface area contributed by atoms with Crippen molar-refractivity contribution in [3.63, 3.8) is 0 Å². The maximum atomic E-state index is 11.2. The van der Waals surface area contributed by atoms with Gasteiger partial charge in [0, 0.05) is 0 Å². The summed E-state index contributed by atoms with van der Waals surface area (Å²) < 4.78 is 4.80. The molecule has 5 heteroatoms. The van der Waals surface area contributed by atoms with Gasteiger partial charge in [0.2, 0.25) is 0 Å². The maximum absolute atomic E-state index is 11.2. The summed E-state index contributed by atoms with van der Waals surface area (Å²) in [5.74, 6) is -0.346. The summed E-state index contributed by atoms with van der Waals surface area (Å²) in [7, 11) is 0. The van der Waals surface area contributed by atoms with Gasteiger partial charge in [0.15, 0.2) is 0 Å². The van der Waals surface area contributed by atoms with Crippen LogP contribution in [0.2, 0.25) is 0 Å². The van der Waals surface area contributed by atoms with Crippen molar-refractivity contribution in [3.8, 4) is 0 Å². The van der Waals surface area contributed by atoms with E-state index in [1.807, 2.05) is 0 Å². The van der Waals surface area contributed by atoms with Crippen LogP contribution in [-0.2, 0) is 16.0 Å². The molecule has 1 aromatic rings. The third-order valence-corrected chi connectivity index (χ3v) is 2.10. The summed E-state index contributed by atoms with van der Waals surface area (Å²) in [6, 6.07) is 6.80. The van der Waals surface area contributed by atoms with E-state index in [1.165, 1.54) is 0 Å². The number of carbonyl (C=O) groups excluding carboxylic acids is 1. The molecule has 0 atom stereocenters. The first-order valence-corrected chi connectivity index (χ1v) is 5.00. The van der Waals surface area contributed by atoms with E-state index in [4.69, 9.17) is 4.74 Å². The van der Waals surface area contributed by atoms with Gasteiger partial charge in [0.25, 0.3) is 0 Å². The normalized spacial score (nSPS) is 9.06. The van der Waals surface area contributed by atoms with Crippen LogP contribution in [-0.4, -0.2) is 17.6 Å². The van der Waals surface area contributed by atoms with Crippen LogP contribution >= 0.6 is 12.2 Å². The smallest absolute Gasteiger partial charge is 0.864 e. The Kier molecular flexibility index (Phi) is 7.58. The monoisotopic (exact) mass is 246 g/mol. The van der Waals surface area contributed by atoms with E-state index in [1.54, 1.807) is 31.2 Å². The van der Waals surface area contributed by atoms with Gasteiger partial charge in [0.1, 0.15) is 0 Å². The molecule has 0 amide bonds. The second-order valence-electron chi connectivity index (χ2n) is 2.93. The Morgan fingerprint density at radius 2 is 2.06 bits per heavy atom. The fraction of sp³-hybridized carbons (Fsp3) is 0.273. The minimum atomic E-state index is -0.449. The predicted octanol–water partition coefficient (Wildman–Crippen LogP) is -2.17. The number of carbonyl (C=O) groups is 1. The zero-order valence-electron chi connectivity index (χ0n) is 9.36. The molecular formula is C11H11NaO3S. The Bertz CT molecular complexity index is 379. The van der Waals surface area contributed by atoms with Crippen molar-refractivity contribution < 1.29 is 44.2 Å². The van der Waals surface area contributed by atoms with E-state index in [9.17, 15) is 9.90 Å². The molecule has 0 bridgehead atoms. The average molecular weight is 246 g/mol. The number of benzene rings is 1. The van der Waals surface area contributed by atoms with Crippen LogP contribution in [0.25, 0.3) is 0 Å². The molecule has 0 spiro atoms. The molecule has 0 fully saturated rings. The molecule has 0 saturated carbocycles. The first-order chi connectivity index (χ1) is 7.15. The van der Waals surface area contributed by atoms with Crippen molar-refractivity contribution in [2.24, 2.45) is 0 Å². The Morgan fingerprint density at radius 3 is 2.62 bits per heavy atom. The zero-order valence-corrected chi connectivity index (χ0v) is 12.2. The van der Waals surface area contributed by atoms with Crippen molar-refractivity contribution in [2.45, 2.75) is 13.3 Å². The van der Waals surface area contributed by atoms with E-state index in [-0.39, 0.29) is 41.9 Å². The van der Waals surface area contributed by atoms with E-state index in [2.05, 4.69) is 12.2 Å². The van der Waals surface area contributed by atoms with Crippen LogP contribution in [0.15, 0.2) is 24.3 Å². The largest absolute Gasteiger partial charge is 1.00 e. The molecule has 1 aromatic carbocycles. The summed E-state index contributed by atoms with van der Waals surface area (Å²) >= 11 is 4.56. The van der Waals surface area contributed by atoms with Gasteiger partial charge in [0.05, 0.1) is 13.0 Å². The Labute approximate surface area is 122 Å². The molecule has 80 valence electrons. The summed E-state index contributed by atoms with van der Waals surface area (Å²) in [6.07, 6.45) is 0.0897. The van der Waals surface area contributed by atoms with E-state index in [0.29, 0.717) is 17.7 Å². The molecule has 0 aromatic heterocycles. The summed E-state index contributed by atoms with van der Waals surface area (Å²) in [5, 5.41) is 10.6. The van der Waals surface area contributed by atoms with E-state index in [0.717, 1.165) is 0 Å². The van der Waals surface area contributed by atoms with Crippen LogP contribution in [0.4, 0.5) is 0 Å². The molecule has 0 aliphatic carbocycles. The van der Waals surface area contributed by atoms with Gasteiger partial charge in [-0.2, -0.15) is 0 Å². The number of rotatable bonds is 4. The van der Waals surface area contributed by atoms with Gasteiger partial charge in [-0.15, -0.1) is 0 Å². The predicted molar refractivity (Wildman–Crippen MR) is 58.5 cm³/mol. The molecule has 0 N–H and O–H groups in total. The summed E-state index contributed by atoms with van der Waals surface area (Å²) in [4.78, 5) is 11.2. The van der Waals surface area contributed by atoms with Crippen LogP contribution in [0.1, 0.15) is 18.1 Å². The molecule has 3 nitrogen and oxygen atoms in total. The fourth-order valence-electron chi connectivity index (χ4n) is 1.24. The Hall–Kier alpha value is -0.420. The molecule has 16 heavy (non-hydrogen) atoms. The molecule has 0 saturated heterocycles. The van der Waals surface area contributed by atoms with E-state index < -0.39 is 5.05 Å². The molecular weight excluding hydrogens is 235 g/mol. The van der Waals surface area contributed by atoms with Crippen molar-refractivity contribution >= 4 is 23.2 Å². The zero-order chi connectivity index (χ0) is 11.3. The molecule has 0 unspecified atom stereocenters. The maximum Gasteiger partial charge on any atom is 1.00 e. The third kappa shape index (κ3) is 4.61. The first kappa shape index (κ1) is 15.6. The van der Waals surface area contributed by atoms with Crippen molar-refractivity contribution in [3.05, 3.63) is 35.4 Å². The SMILES string of the molecule is CCOC(=O)Cc1ccccc1C([O-])=S.[Na+]. The quantitative estimate of drug-likeness (QED) is 0.345. The standard InChI is InChI=1S/C11H12O3S.Na/c1-2-14-10(12)7-8-5-3-4-6-9(8)11(13)15;/h3-6H,2,7H2,1H3,(H,13,15);/q;+1/p-1. The number of ether oxygens (including phenoxy) is 1. The minimum absolute atomic E-state index is 0. The van der Waals surface area contributed by atoms with E-state index >= 15 is 0 Å². The van der Waals surface area contributed by atoms with Crippen LogP contribution in [0, 0.1) is 0 Å². The van der Waals surface area contributed by atoms with Gasteiger partial charge >= 0.3 is 35.5 Å². The van der Waals surface area contributed by atoms with Crippen LogP contribution in [0.3, 0.4) is 0 Å². The molecule has 0 aliphatic rings. The third-order valence-electron chi connectivity index (χ3n) is 1.88. The van der Waals surface area contributed by atoms with Gasteiger partial charge in [-0.3, -0.25) is 4.79 Å². The van der Waals surface area contributed by atoms with Gasteiger partial charge in [-0.25, -0.2) is 0 Å². The first-order valence-electron chi connectivity index (χ1n) is 4.60. The molecule has 0 heterocycles. The Morgan fingerprint density at radius 1 is 1.44 bits per heavy atom. The number of hydrogen-bond acceptors (Lipinski definition) is 4. The van der Waals surface area contributed by atoms with Crippen molar-refractivity contribution in [1.82, 2.24) is 0 Å². The molecule has 0 radical (unpaired) electrons. The van der Waals surface area contributed by atoms with Crippen LogP contribution < -0.4 is 34.7 Å². The van der Waals surface area contributed by atoms with Gasteiger partial charge in [-0.1, -0.05) is 36.5 Å². The number of thiocarbonyl (C=S) groups is 1. The van der Waals surface area contributed by atoms with Crippen LogP contribution in [0.5, 0.6) is 0 Å². The Balaban J connectivity index is 0.00000225. The second kappa shape index (κ2) is 7.79. The second-order valence-corrected chi connectivity index (χ2v) is 3.30. The van der Waals surface area contributed by atoms with Crippen molar-refractivity contribution in [1.29, 1.82) is 0 Å². The molecule has 0 aliphatic heterocycles. The summed E-state index contributed by atoms with van der Waals surface area (Å²) in [5.41, 5.74) is 1.02.